The van der Waals surface area contributed by atoms with Crippen LogP contribution in [0.5, 0.6) is 0 Å². The van der Waals surface area contributed by atoms with Crippen molar-refractivity contribution in [1.29, 1.82) is 0 Å². The van der Waals surface area contributed by atoms with E-state index in [-0.39, 0.29) is 0 Å². The Labute approximate surface area is 46.4 Å². The zero-order valence-corrected chi connectivity index (χ0v) is 3.87. The number of hydrogen-bond donors (Lipinski definition) is 0. The number of rotatable bonds is 0. The molecule has 0 aromatic rings. The molecule has 1 rings (SSSR count). The van der Waals surface area contributed by atoms with Gasteiger partial charge >= 0.3 is 0 Å². The minimum Gasteiger partial charge on any atom is -0.271 e. The summed E-state index contributed by atoms with van der Waals surface area (Å²) in [7, 11) is 4.94. The molecule has 0 bridgehead atoms. The van der Waals surface area contributed by atoms with E-state index in [1.165, 1.54) is 0 Å². The molecule has 2 radical (unpaired) electrons. The Bertz CT molecular complexity index is 158. The lowest BCUT2D eigenvalue weighted by Gasteiger charge is -1.85. The van der Waals surface area contributed by atoms with Crippen LogP contribution in [-0.2, 0) is 9.59 Å². The van der Waals surface area contributed by atoms with Gasteiger partial charge in [-0.25, -0.2) is 0 Å². The van der Waals surface area contributed by atoms with Crippen LogP contribution >= 0.6 is 0 Å². The molecule has 0 aromatic carbocycles. The second-order valence-corrected chi connectivity index (χ2v) is 1.35. The van der Waals surface area contributed by atoms with Crippen molar-refractivity contribution in [2.75, 3.05) is 0 Å². The summed E-state index contributed by atoms with van der Waals surface area (Å²) in [4.78, 5) is 20.4. The molecule has 0 saturated carbocycles. The monoisotopic (exact) mass is 108 g/mol. The Hall–Kier alpha value is -0.995. The van der Waals surface area contributed by atoms with Crippen molar-refractivity contribution in [3.63, 3.8) is 0 Å². The van der Waals surface area contributed by atoms with Crippen molar-refractivity contribution in [1.82, 2.24) is 0 Å². The first-order valence-electron chi connectivity index (χ1n) is 1.97. The number of carbonyl (C=O) groups is 2. The van der Waals surface area contributed by atoms with E-state index >= 15 is 0 Å². The van der Waals surface area contributed by atoms with E-state index in [1.54, 1.807) is 0 Å². The molecule has 0 saturated heterocycles. The van der Waals surface area contributed by atoms with E-state index in [0.29, 0.717) is 0 Å². The van der Waals surface area contributed by atoms with E-state index < -0.39 is 17.6 Å². The van der Waals surface area contributed by atoms with Gasteiger partial charge in [-0.05, 0) is 0 Å². The molecule has 2 amide bonds. The second-order valence-electron chi connectivity index (χ2n) is 1.35. The molecule has 1 heterocycles. The zero-order valence-electron chi connectivity index (χ0n) is 3.87. The van der Waals surface area contributed by atoms with E-state index in [9.17, 15) is 9.59 Å². The van der Waals surface area contributed by atoms with Crippen molar-refractivity contribution < 1.29 is 9.59 Å². The van der Waals surface area contributed by atoms with Crippen molar-refractivity contribution in [2.45, 2.75) is 5.82 Å². The van der Waals surface area contributed by atoms with Gasteiger partial charge in [-0.2, -0.15) is 0 Å². The summed E-state index contributed by atoms with van der Waals surface area (Å²) in [5.41, 5.74) is 0. The number of azo groups is 1. The maximum Gasteiger partial charge on any atom is 0.268 e. The van der Waals surface area contributed by atoms with Crippen LogP contribution in [0, 0.1) is 0 Å². The Morgan fingerprint density at radius 1 is 1.25 bits per heavy atom. The molecule has 0 atom stereocenters. The highest BCUT2D eigenvalue weighted by Crippen LogP contribution is 2.11. The van der Waals surface area contributed by atoms with Gasteiger partial charge in [0, 0.05) is 0 Å². The first kappa shape index (κ1) is 5.15. The Kier molecular flexibility index (Phi) is 0.967. The second kappa shape index (κ2) is 1.50. The normalized spacial score (nSPS) is 20.5. The van der Waals surface area contributed by atoms with Gasteiger partial charge in [-0.3, -0.25) is 9.59 Å². The quantitative estimate of drug-likeness (QED) is 0.309. The molecule has 0 fully saturated rings. The molecule has 0 aromatic heterocycles. The summed E-state index contributed by atoms with van der Waals surface area (Å²) in [6, 6.07) is 0. The number of nitrogens with zero attached hydrogens (tertiary/aromatic N) is 2. The fourth-order valence-electron chi connectivity index (χ4n) is 0.329. The van der Waals surface area contributed by atoms with Crippen LogP contribution in [0.1, 0.15) is 0 Å². The molecule has 4 nitrogen and oxygen atoms in total. The van der Waals surface area contributed by atoms with Crippen LogP contribution in [0.3, 0.4) is 0 Å². The largest absolute Gasteiger partial charge is 0.271 e. The number of amides is 2. The summed E-state index contributed by atoms with van der Waals surface area (Å²) in [5, 5.41) is 5.82. The molecule has 38 valence electrons. The molecule has 0 spiro atoms. The predicted molar refractivity (Wildman–Crippen MR) is 24.4 cm³/mol. The van der Waals surface area contributed by atoms with Crippen LogP contribution in [-0.4, -0.2) is 19.7 Å². The van der Waals surface area contributed by atoms with Crippen molar-refractivity contribution in [3.8, 4) is 0 Å². The maximum absolute atomic E-state index is 10.2. The van der Waals surface area contributed by atoms with Gasteiger partial charge in [0.2, 0.25) is 0 Å². The maximum atomic E-state index is 10.2. The minimum atomic E-state index is -1.13. The van der Waals surface area contributed by atoms with E-state index in [0.717, 1.165) is 0 Å². The van der Waals surface area contributed by atoms with E-state index in [2.05, 4.69) is 10.2 Å². The Morgan fingerprint density at radius 2 is 1.62 bits per heavy atom. The molecular weight excluding hydrogens is 107 g/mol. The molecule has 5 heteroatoms. The fraction of sp³-hybridized carbons (Fsp3) is 0.333. The summed E-state index contributed by atoms with van der Waals surface area (Å²) in [6.45, 7) is 0. The van der Waals surface area contributed by atoms with Crippen LogP contribution in [0.2, 0.25) is 5.82 Å². The van der Waals surface area contributed by atoms with Crippen LogP contribution in [0.4, 0.5) is 0 Å². The molecule has 0 aliphatic carbocycles. The molecular formula is C3HBN2O2. The lowest BCUT2D eigenvalue weighted by atomic mass is 9.87. The number of carbonyl (C=O) groups excluding carboxylic acids is 2. The van der Waals surface area contributed by atoms with Crippen LogP contribution < -0.4 is 0 Å². The van der Waals surface area contributed by atoms with Gasteiger partial charge in [-0.1, -0.05) is 0 Å². The summed E-state index contributed by atoms with van der Waals surface area (Å²) < 4.78 is 0. The van der Waals surface area contributed by atoms with Crippen molar-refractivity contribution >= 4 is 19.7 Å². The summed E-state index contributed by atoms with van der Waals surface area (Å²) >= 11 is 0. The van der Waals surface area contributed by atoms with Gasteiger partial charge < -0.3 is 0 Å². The van der Waals surface area contributed by atoms with Gasteiger partial charge in [0.05, 0.1) is 13.7 Å². The molecule has 0 N–H and O–H groups in total. The average Bonchev–Trinajstić information content (AvgIpc) is 1.98. The lowest BCUT2D eigenvalue weighted by Crippen LogP contribution is -2.06. The highest BCUT2D eigenvalue weighted by molar-refractivity contribution is 6.37. The first-order chi connectivity index (χ1) is 3.72. The molecule has 8 heavy (non-hydrogen) atoms. The Morgan fingerprint density at radius 3 is 1.75 bits per heavy atom. The Balaban J connectivity index is 2.84. The minimum absolute atomic E-state index is 0.657. The zero-order chi connectivity index (χ0) is 6.15. The third kappa shape index (κ3) is 0.557. The van der Waals surface area contributed by atoms with Crippen LogP contribution in [0.15, 0.2) is 10.2 Å². The predicted octanol–water partition coefficient (Wildman–Crippen LogP) is -0.538. The topological polar surface area (TPSA) is 58.9 Å². The molecule has 1 aliphatic heterocycles. The molecule has 1 aliphatic rings. The van der Waals surface area contributed by atoms with Crippen molar-refractivity contribution in [3.05, 3.63) is 0 Å². The van der Waals surface area contributed by atoms with Gasteiger partial charge in [-0.15, -0.1) is 10.2 Å². The lowest BCUT2D eigenvalue weighted by molar-refractivity contribution is -0.122. The number of hydrogen-bond acceptors (Lipinski definition) is 2. The van der Waals surface area contributed by atoms with Gasteiger partial charge in [0.25, 0.3) is 11.8 Å². The third-order valence-corrected chi connectivity index (χ3v) is 0.779. The first-order valence-corrected chi connectivity index (χ1v) is 1.97. The summed E-state index contributed by atoms with van der Waals surface area (Å²) in [6.07, 6.45) is 0. The van der Waals surface area contributed by atoms with E-state index in [1.807, 2.05) is 0 Å². The summed E-state index contributed by atoms with van der Waals surface area (Å²) in [5.74, 6) is -2.44. The van der Waals surface area contributed by atoms with Gasteiger partial charge in [0.1, 0.15) is 0 Å². The van der Waals surface area contributed by atoms with Gasteiger partial charge in [0.15, 0.2) is 0 Å². The SMILES string of the molecule is [B]C1C(=O)N=NC1=O. The standard InChI is InChI=1S/C3HBN2O2/c4-1-2(7)5-6-3(1)8/h1H. The highest BCUT2D eigenvalue weighted by atomic mass is 16.2. The smallest absolute Gasteiger partial charge is 0.268 e. The fourth-order valence-corrected chi connectivity index (χ4v) is 0.329. The average molecular weight is 108 g/mol. The van der Waals surface area contributed by atoms with Crippen LogP contribution in [0.25, 0.3) is 0 Å². The van der Waals surface area contributed by atoms with Crippen molar-refractivity contribution in [2.24, 2.45) is 10.2 Å². The third-order valence-electron chi connectivity index (χ3n) is 0.779. The molecule has 0 unspecified atom stereocenters. The van der Waals surface area contributed by atoms with E-state index in [4.69, 9.17) is 7.85 Å². The highest BCUT2D eigenvalue weighted by Gasteiger charge is 2.25.